The van der Waals surface area contributed by atoms with E-state index in [1.807, 2.05) is 18.2 Å². The van der Waals surface area contributed by atoms with E-state index in [9.17, 15) is 4.79 Å². The average Bonchev–Trinajstić information content (AvgIpc) is 2.46. The summed E-state index contributed by atoms with van der Waals surface area (Å²) in [6.45, 7) is 1.75. The van der Waals surface area contributed by atoms with E-state index in [1.165, 1.54) is 6.20 Å². The van der Waals surface area contributed by atoms with Gasteiger partial charge in [-0.1, -0.05) is 17.3 Å². The van der Waals surface area contributed by atoms with Gasteiger partial charge in [-0.2, -0.15) is 0 Å². The minimum atomic E-state index is -0.346. The lowest BCUT2D eigenvalue weighted by atomic mass is 10.2. The molecule has 4 N–H and O–H groups in total. The first kappa shape index (κ1) is 13.7. The molecule has 1 heterocycles. The van der Waals surface area contributed by atoms with Gasteiger partial charge < -0.3 is 16.3 Å². The number of amidine groups is 1. The number of oxime groups is 1. The van der Waals surface area contributed by atoms with Gasteiger partial charge in [0, 0.05) is 12.5 Å². The van der Waals surface area contributed by atoms with Crippen molar-refractivity contribution in [3.63, 3.8) is 0 Å². The van der Waals surface area contributed by atoms with Crippen molar-refractivity contribution in [1.82, 2.24) is 15.3 Å². The first-order chi connectivity index (χ1) is 9.60. The van der Waals surface area contributed by atoms with E-state index in [4.69, 9.17) is 10.9 Å². The molecule has 1 atom stereocenters. The molecule has 20 heavy (non-hydrogen) atoms. The molecule has 2 rings (SSSR count). The highest BCUT2D eigenvalue weighted by Gasteiger charge is 2.13. The Morgan fingerprint density at radius 1 is 1.45 bits per heavy atom. The number of nitrogens with zero attached hydrogens (tertiary/aromatic N) is 3. The topological polar surface area (TPSA) is 113 Å². The van der Waals surface area contributed by atoms with Gasteiger partial charge in [0.2, 0.25) is 0 Å². The highest BCUT2D eigenvalue weighted by atomic mass is 16.4. The van der Waals surface area contributed by atoms with Gasteiger partial charge in [-0.15, -0.1) is 0 Å². The van der Waals surface area contributed by atoms with Crippen molar-refractivity contribution in [3.8, 4) is 0 Å². The molecule has 1 aromatic carbocycles. The molecule has 0 saturated heterocycles. The number of carbonyl (C=O) groups excluding carboxylic acids is 1. The lowest BCUT2D eigenvalue weighted by Crippen LogP contribution is -2.36. The normalized spacial score (nSPS) is 13.2. The number of nitrogens with two attached hydrogens (primary N) is 1. The number of para-hydroxylation sites is 2. The summed E-state index contributed by atoms with van der Waals surface area (Å²) in [5, 5.41) is 14.1. The van der Waals surface area contributed by atoms with Crippen LogP contribution in [0.15, 0.2) is 35.6 Å². The lowest BCUT2D eigenvalue weighted by molar-refractivity contribution is 0.0936. The van der Waals surface area contributed by atoms with Crippen LogP contribution in [0, 0.1) is 0 Å². The summed E-state index contributed by atoms with van der Waals surface area (Å²) in [5.74, 6) is -0.288. The van der Waals surface area contributed by atoms with Crippen molar-refractivity contribution in [1.29, 1.82) is 0 Å². The van der Waals surface area contributed by atoms with Gasteiger partial charge in [0.15, 0.2) is 0 Å². The monoisotopic (exact) mass is 273 g/mol. The van der Waals surface area contributed by atoms with Gasteiger partial charge in [-0.05, 0) is 19.1 Å². The van der Waals surface area contributed by atoms with Crippen LogP contribution >= 0.6 is 0 Å². The van der Waals surface area contributed by atoms with Gasteiger partial charge >= 0.3 is 0 Å². The second-order valence-electron chi connectivity index (χ2n) is 4.41. The Morgan fingerprint density at radius 2 is 2.15 bits per heavy atom. The van der Waals surface area contributed by atoms with E-state index in [2.05, 4.69) is 20.4 Å². The third-order valence-corrected chi connectivity index (χ3v) is 2.70. The van der Waals surface area contributed by atoms with E-state index in [0.29, 0.717) is 5.52 Å². The molecule has 0 aliphatic carbocycles. The van der Waals surface area contributed by atoms with E-state index >= 15 is 0 Å². The standard InChI is InChI=1S/C13H15N5O2/c1-8(6-12(14)18-20)16-13(19)11-7-15-9-4-2-3-5-10(9)17-11/h2-5,7-8,20H,6H2,1H3,(H2,14,18)(H,16,19). The molecular formula is C13H15N5O2. The Bertz CT molecular complexity index is 656. The van der Waals surface area contributed by atoms with Gasteiger partial charge in [-0.3, -0.25) is 9.78 Å². The summed E-state index contributed by atoms with van der Waals surface area (Å²) in [6.07, 6.45) is 1.68. The van der Waals surface area contributed by atoms with Crippen LogP contribution in [0.1, 0.15) is 23.8 Å². The van der Waals surface area contributed by atoms with Crippen molar-refractivity contribution in [2.45, 2.75) is 19.4 Å². The highest BCUT2D eigenvalue weighted by molar-refractivity contribution is 5.94. The number of hydrogen-bond acceptors (Lipinski definition) is 5. The van der Waals surface area contributed by atoms with Gasteiger partial charge in [0.05, 0.1) is 17.2 Å². The van der Waals surface area contributed by atoms with Crippen LogP contribution in [0.25, 0.3) is 11.0 Å². The fourth-order valence-corrected chi connectivity index (χ4v) is 1.77. The molecule has 0 aliphatic heterocycles. The smallest absolute Gasteiger partial charge is 0.271 e. The summed E-state index contributed by atoms with van der Waals surface area (Å²) < 4.78 is 0. The Hall–Kier alpha value is -2.70. The number of aromatic nitrogens is 2. The molecular weight excluding hydrogens is 258 g/mol. The number of rotatable bonds is 4. The zero-order chi connectivity index (χ0) is 14.5. The zero-order valence-electron chi connectivity index (χ0n) is 10.9. The Kier molecular flexibility index (Phi) is 4.09. The number of hydrogen-bond donors (Lipinski definition) is 3. The molecule has 1 aromatic heterocycles. The molecule has 0 aliphatic rings. The van der Waals surface area contributed by atoms with Crippen LogP contribution < -0.4 is 11.1 Å². The minimum absolute atomic E-state index is 0.0578. The van der Waals surface area contributed by atoms with Gasteiger partial charge in [-0.25, -0.2) is 4.98 Å². The summed E-state index contributed by atoms with van der Waals surface area (Å²) in [7, 11) is 0. The van der Waals surface area contributed by atoms with Crippen LogP contribution in [0.5, 0.6) is 0 Å². The molecule has 1 amide bonds. The number of fused-ring (bicyclic) bond motifs is 1. The molecule has 0 spiro atoms. The summed E-state index contributed by atoms with van der Waals surface area (Å²) in [6, 6.07) is 7.03. The maximum atomic E-state index is 12.0. The van der Waals surface area contributed by atoms with E-state index in [0.717, 1.165) is 5.52 Å². The van der Waals surface area contributed by atoms with E-state index in [1.54, 1.807) is 13.0 Å². The van der Waals surface area contributed by atoms with Crippen molar-refractivity contribution in [2.24, 2.45) is 10.9 Å². The molecule has 7 heteroatoms. The molecule has 0 radical (unpaired) electrons. The molecule has 104 valence electrons. The molecule has 7 nitrogen and oxygen atoms in total. The van der Waals surface area contributed by atoms with Gasteiger partial charge in [0.25, 0.3) is 5.91 Å². The molecule has 0 saturated carbocycles. The zero-order valence-corrected chi connectivity index (χ0v) is 10.9. The van der Waals surface area contributed by atoms with E-state index in [-0.39, 0.29) is 29.9 Å². The summed E-state index contributed by atoms with van der Waals surface area (Å²) in [4.78, 5) is 20.4. The van der Waals surface area contributed by atoms with Crippen molar-refractivity contribution in [2.75, 3.05) is 0 Å². The Morgan fingerprint density at radius 3 is 2.85 bits per heavy atom. The minimum Gasteiger partial charge on any atom is -0.409 e. The predicted octanol–water partition coefficient (Wildman–Crippen LogP) is 0.885. The van der Waals surface area contributed by atoms with E-state index < -0.39 is 0 Å². The predicted molar refractivity (Wildman–Crippen MR) is 74.5 cm³/mol. The molecule has 2 aromatic rings. The van der Waals surface area contributed by atoms with Crippen LogP contribution in [0.2, 0.25) is 0 Å². The maximum absolute atomic E-state index is 12.0. The second kappa shape index (κ2) is 5.96. The largest absolute Gasteiger partial charge is 0.409 e. The SMILES string of the molecule is CC(C/C(N)=N/O)NC(=O)c1cnc2ccccc2n1. The molecule has 0 bridgehead atoms. The lowest BCUT2D eigenvalue weighted by Gasteiger charge is -2.12. The average molecular weight is 273 g/mol. The van der Waals surface area contributed by atoms with Crippen LogP contribution in [-0.4, -0.2) is 33.0 Å². The molecule has 0 fully saturated rings. The van der Waals surface area contributed by atoms with Crippen LogP contribution in [0.3, 0.4) is 0 Å². The van der Waals surface area contributed by atoms with Crippen molar-refractivity contribution in [3.05, 3.63) is 36.2 Å². The maximum Gasteiger partial charge on any atom is 0.271 e. The fourth-order valence-electron chi connectivity index (χ4n) is 1.77. The van der Waals surface area contributed by atoms with Crippen molar-refractivity contribution >= 4 is 22.8 Å². The summed E-state index contributed by atoms with van der Waals surface area (Å²) >= 11 is 0. The third-order valence-electron chi connectivity index (χ3n) is 2.70. The first-order valence-corrected chi connectivity index (χ1v) is 6.09. The van der Waals surface area contributed by atoms with Crippen molar-refractivity contribution < 1.29 is 10.0 Å². The number of carbonyl (C=O) groups is 1. The van der Waals surface area contributed by atoms with Gasteiger partial charge in [0.1, 0.15) is 11.5 Å². The number of amides is 1. The summed E-state index contributed by atoms with van der Waals surface area (Å²) in [5.41, 5.74) is 7.00. The third kappa shape index (κ3) is 3.19. The Balaban J connectivity index is 2.11. The first-order valence-electron chi connectivity index (χ1n) is 6.09. The Labute approximate surface area is 115 Å². The van der Waals surface area contributed by atoms with Crippen LogP contribution in [0.4, 0.5) is 0 Å². The number of benzene rings is 1. The fraction of sp³-hybridized carbons (Fsp3) is 0.231. The molecule has 1 unspecified atom stereocenters. The second-order valence-corrected chi connectivity index (χ2v) is 4.41. The quantitative estimate of drug-likeness (QED) is 0.331. The number of nitrogens with one attached hydrogen (secondary N) is 1. The highest BCUT2D eigenvalue weighted by Crippen LogP contribution is 2.08. The van der Waals surface area contributed by atoms with Crippen LogP contribution in [-0.2, 0) is 0 Å².